The van der Waals surface area contributed by atoms with Crippen LogP contribution >= 0.6 is 0 Å². The Morgan fingerprint density at radius 1 is 0.663 bits per heavy atom. The molecule has 1 saturated heterocycles. The van der Waals surface area contributed by atoms with Gasteiger partial charge in [0.05, 0.1) is 30.7 Å². The lowest BCUT2D eigenvalue weighted by Crippen LogP contribution is -2.62. The summed E-state index contributed by atoms with van der Waals surface area (Å²) in [6.45, 7) is 16.6. The van der Waals surface area contributed by atoms with Crippen molar-refractivity contribution in [1.29, 1.82) is 0 Å². The van der Waals surface area contributed by atoms with Crippen LogP contribution in [0.25, 0.3) is 0 Å². The summed E-state index contributed by atoms with van der Waals surface area (Å²) in [6, 6.07) is 23.4. The van der Waals surface area contributed by atoms with E-state index in [0.717, 1.165) is 66.3 Å². The molecule has 1 fully saturated rings. The van der Waals surface area contributed by atoms with Crippen LogP contribution < -0.4 is 42.1 Å². The minimum atomic E-state index is -1.15. The summed E-state index contributed by atoms with van der Waals surface area (Å²) in [6.07, 6.45) is 4.64. The van der Waals surface area contributed by atoms with Gasteiger partial charge in [-0.3, -0.25) is 38.9 Å². The number of aryl methyl sites for hydroxylation is 2. The van der Waals surface area contributed by atoms with Gasteiger partial charge in [0.1, 0.15) is 24.4 Å². The summed E-state index contributed by atoms with van der Waals surface area (Å²) in [5.41, 5.74) is 6.51. The van der Waals surface area contributed by atoms with Crippen molar-refractivity contribution in [3.63, 3.8) is 0 Å². The van der Waals surface area contributed by atoms with Crippen molar-refractivity contribution in [1.82, 2.24) is 47.0 Å². The van der Waals surface area contributed by atoms with Gasteiger partial charge in [0, 0.05) is 49.8 Å². The molecule has 18 heteroatoms. The monoisotopic (exact) mass is 1140 g/mol. The highest BCUT2D eigenvalue weighted by molar-refractivity contribution is 5.96. The van der Waals surface area contributed by atoms with Crippen molar-refractivity contribution < 1.29 is 38.7 Å². The van der Waals surface area contributed by atoms with Crippen molar-refractivity contribution >= 4 is 47.0 Å². The van der Waals surface area contributed by atoms with Crippen LogP contribution in [0.3, 0.4) is 0 Å². The zero-order valence-electron chi connectivity index (χ0n) is 50.4. The van der Waals surface area contributed by atoms with Gasteiger partial charge in [0.2, 0.25) is 35.4 Å². The first-order valence-electron chi connectivity index (χ1n) is 29.6. The normalized spacial score (nSPS) is 21.4. The molecule has 0 bridgehead atoms. The van der Waals surface area contributed by atoms with Crippen LogP contribution in [0, 0.1) is 10.8 Å². The number of likely N-dealkylation sites (tertiary alicyclic amines) is 1. The van der Waals surface area contributed by atoms with E-state index in [0.29, 0.717) is 11.3 Å². The molecule has 7 amide bonds. The molecule has 4 aromatic carbocycles. The van der Waals surface area contributed by atoms with Crippen molar-refractivity contribution in [2.45, 2.75) is 187 Å². The number of benzene rings is 4. The van der Waals surface area contributed by atoms with E-state index >= 15 is 4.79 Å². The van der Waals surface area contributed by atoms with Gasteiger partial charge in [-0.15, -0.1) is 0 Å². The fraction of sp³-hybridized carbons (Fsp3) is 0.523. The lowest BCUT2D eigenvalue weighted by Gasteiger charge is -2.42. The molecule has 2 aliphatic heterocycles. The molecule has 8 N–H and O–H groups in total. The summed E-state index contributed by atoms with van der Waals surface area (Å²) >= 11 is 0. The fourth-order valence-corrected chi connectivity index (χ4v) is 12.2. The zero-order valence-corrected chi connectivity index (χ0v) is 50.4. The maximum absolute atomic E-state index is 15.0. The number of anilines is 1. The maximum Gasteiger partial charge on any atom is 0.251 e. The van der Waals surface area contributed by atoms with E-state index < -0.39 is 59.4 Å². The Hall–Kier alpha value is -6.99. The molecule has 83 heavy (non-hydrogen) atoms. The Morgan fingerprint density at radius 2 is 1.20 bits per heavy atom. The largest absolute Gasteiger partial charge is 0.376 e. The van der Waals surface area contributed by atoms with Gasteiger partial charge in [-0.2, -0.15) is 0 Å². The van der Waals surface area contributed by atoms with E-state index in [9.17, 15) is 33.9 Å². The third-order valence-electron chi connectivity index (χ3n) is 17.4. The maximum atomic E-state index is 15.0. The Balaban J connectivity index is 0.998. The number of hydrogen-bond acceptors (Lipinski definition) is 11. The first kappa shape index (κ1) is 62.1. The molecule has 4 aliphatic rings. The summed E-state index contributed by atoms with van der Waals surface area (Å²) in [7, 11) is 3.35. The molecule has 2 heterocycles. The number of nitrogens with zero attached hydrogens (tertiary/aromatic N) is 3. The molecule has 4 aromatic rings. The van der Waals surface area contributed by atoms with E-state index in [1.54, 1.807) is 66.9 Å². The molecule has 0 saturated carbocycles. The molecule has 0 aromatic heterocycles. The Kier molecular flexibility index (Phi) is 19.7. The van der Waals surface area contributed by atoms with E-state index in [4.69, 9.17) is 0 Å². The average Bonchev–Trinajstić information content (AvgIpc) is 3.31. The Morgan fingerprint density at radius 3 is 1.76 bits per heavy atom. The average molecular weight is 1140 g/mol. The molecule has 2 aliphatic carbocycles. The second kappa shape index (κ2) is 26.3. The number of fused-ring (bicyclic) bond motifs is 3. The van der Waals surface area contributed by atoms with Crippen LogP contribution in [0.15, 0.2) is 91.0 Å². The highest BCUT2D eigenvalue weighted by Crippen LogP contribution is 2.36. The molecule has 7 unspecified atom stereocenters. The van der Waals surface area contributed by atoms with Gasteiger partial charge < -0.3 is 51.7 Å². The first-order valence-corrected chi connectivity index (χ1v) is 29.6. The number of carbonyl (C=O) groups is 7. The standard InChI is InChI=1S/C65H88N10O8/c1-38(66-10)57(77)71-55(64(4,5)6)62(82)74-36-46-32-48(31-30-45(46)33-53(74)60(80)69-51-24-16-20-42-18-12-14-22-49(42)51)73(40(3)76)35-41-26-28-44(29-27-41)59(79)68-47-34-54(61(81)70-52-25-17-21-43-19-13-15-23-50(43)52)75(37-47)63(83)56(65(7,8)9)72-58(78)39(2)67-11/h12-15,18-19,22-23,26-32,38-39,47,51-56,61,66-67,70,81H,16-17,20-21,24-25,33-37H2,1-11H3,(H,68,79)(H,69,80)(H,71,77)(H,72,78)/t38-,39-,47?,51?,52?,53?,54-,55?,56?,61?/m0/s1. The molecule has 18 nitrogen and oxygen atoms in total. The van der Waals surface area contributed by atoms with Gasteiger partial charge in [0.15, 0.2) is 0 Å². The summed E-state index contributed by atoms with van der Waals surface area (Å²) in [5.74, 6) is -2.30. The highest BCUT2D eigenvalue weighted by Gasteiger charge is 2.47. The smallest absolute Gasteiger partial charge is 0.251 e. The zero-order chi connectivity index (χ0) is 60.1. The van der Waals surface area contributed by atoms with Gasteiger partial charge in [-0.05, 0) is 147 Å². The van der Waals surface area contributed by atoms with Crippen LogP contribution in [0.1, 0.15) is 156 Å². The van der Waals surface area contributed by atoms with Crippen LogP contribution in [0.2, 0.25) is 0 Å². The molecular weight excluding hydrogens is 1050 g/mol. The number of aliphatic hydroxyl groups is 1. The molecule has 0 radical (unpaired) electrons. The summed E-state index contributed by atoms with van der Waals surface area (Å²) in [5, 5.41) is 33.7. The van der Waals surface area contributed by atoms with Crippen LogP contribution in [0.5, 0.6) is 0 Å². The van der Waals surface area contributed by atoms with E-state index in [2.05, 4.69) is 61.5 Å². The third kappa shape index (κ3) is 14.5. The number of carbonyl (C=O) groups excluding carboxylic acids is 7. The van der Waals surface area contributed by atoms with Crippen LogP contribution in [-0.4, -0.2) is 125 Å². The van der Waals surface area contributed by atoms with Gasteiger partial charge in [-0.25, -0.2) is 0 Å². The topological polar surface area (TPSA) is 234 Å². The number of rotatable bonds is 18. The summed E-state index contributed by atoms with van der Waals surface area (Å²) < 4.78 is 0. The predicted octanol–water partition coefficient (Wildman–Crippen LogP) is 5.65. The van der Waals surface area contributed by atoms with E-state index in [-0.39, 0.29) is 85.9 Å². The molecular formula is C65H88N10O8. The molecule has 10 atom stereocenters. The second-order valence-corrected chi connectivity index (χ2v) is 25.4. The number of hydrogen-bond donors (Lipinski definition) is 8. The molecule has 446 valence electrons. The number of nitrogens with one attached hydrogen (secondary N) is 7. The quantitative estimate of drug-likeness (QED) is 0.0568. The van der Waals surface area contributed by atoms with Crippen LogP contribution in [-0.2, 0) is 61.1 Å². The van der Waals surface area contributed by atoms with E-state index in [1.165, 1.54) is 18.1 Å². The SMILES string of the molecule is CN[C@@H](C)C(=O)NC(C(=O)N1Cc2cc(N(Cc3ccc(C(=O)NC4C[C@@H](C(O)NC5CCCc6ccccc65)N(C(=O)C(NC(=O)[C@H](C)NC)C(C)(C)C)C4)cc3)C(C)=O)ccc2CC1C(=O)NC1CCCc2ccccc21)C(C)(C)C. The highest BCUT2D eigenvalue weighted by atomic mass is 16.3. The van der Waals surface area contributed by atoms with Crippen molar-refractivity contribution in [3.05, 3.63) is 136 Å². The van der Waals surface area contributed by atoms with Gasteiger partial charge in [-0.1, -0.05) is 108 Å². The predicted molar refractivity (Wildman–Crippen MR) is 321 cm³/mol. The third-order valence-corrected chi connectivity index (χ3v) is 17.4. The number of amides is 7. The first-order chi connectivity index (χ1) is 39.4. The summed E-state index contributed by atoms with van der Waals surface area (Å²) in [4.78, 5) is 104. The minimum absolute atomic E-state index is 0.0583. The van der Waals surface area contributed by atoms with Crippen molar-refractivity contribution in [2.75, 3.05) is 25.5 Å². The minimum Gasteiger partial charge on any atom is -0.376 e. The number of aliphatic hydroxyl groups excluding tert-OH is 1. The van der Waals surface area contributed by atoms with Gasteiger partial charge >= 0.3 is 0 Å². The molecule has 0 spiro atoms. The van der Waals surface area contributed by atoms with E-state index in [1.807, 2.05) is 84.0 Å². The fourth-order valence-electron chi connectivity index (χ4n) is 12.2. The Labute approximate surface area is 490 Å². The van der Waals surface area contributed by atoms with Crippen LogP contribution in [0.4, 0.5) is 5.69 Å². The van der Waals surface area contributed by atoms with Crippen molar-refractivity contribution in [2.24, 2.45) is 10.8 Å². The van der Waals surface area contributed by atoms with Crippen molar-refractivity contribution in [3.8, 4) is 0 Å². The Bertz CT molecular complexity index is 3030. The lowest BCUT2D eigenvalue weighted by atomic mass is 9.83. The number of likely N-dealkylation sites (N-methyl/N-ethyl adjacent to an activating group) is 2. The second-order valence-electron chi connectivity index (χ2n) is 25.4. The molecule has 8 rings (SSSR count). The lowest BCUT2D eigenvalue weighted by molar-refractivity contribution is -0.147. The van der Waals surface area contributed by atoms with Gasteiger partial charge in [0.25, 0.3) is 5.91 Å².